The zero-order valence-electron chi connectivity index (χ0n) is 17.1. The number of rotatable bonds is 6. The van der Waals surface area contributed by atoms with Gasteiger partial charge in [-0.1, -0.05) is 48.5 Å². The Balaban J connectivity index is 1.55. The molecule has 0 aliphatic rings. The Hall–Kier alpha value is -4.59. The number of hydrogen-bond donors (Lipinski definition) is 2. The summed E-state index contributed by atoms with van der Waals surface area (Å²) in [5.41, 5.74) is 2.71. The normalized spacial score (nSPS) is 10.4. The Labute approximate surface area is 184 Å². The topological polar surface area (TPSA) is 110 Å². The number of anilines is 3. The molecule has 0 bridgehead atoms. The van der Waals surface area contributed by atoms with E-state index in [0.29, 0.717) is 23.0 Å². The molecule has 2 N–H and O–H groups in total. The van der Waals surface area contributed by atoms with Crippen LogP contribution in [0.3, 0.4) is 0 Å². The molecule has 8 nitrogen and oxygen atoms in total. The smallest absolute Gasteiger partial charge is 0.282 e. The largest absolute Gasteiger partial charge is 0.340 e. The minimum absolute atomic E-state index is 0.00482. The number of nitrogens with zero attached hydrogens (tertiary/aromatic N) is 3. The highest BCUT2D eigenvalue weighted by Crippen LogP contribution is 2.24. The highest BCUT2D eigenvalue weighted by molar-refractivity contribution is 6.07. The summed E-state index contributed by atoms with van der Waals surface area (Å²) in [5, 5.41) is 17.1. The van der Waals surface area contributed by atoms with Gasteiger partial charge in [-0.15, -0.1) is 0 Å². The van der Waals surface area contributed by atoms with Crippen LogP contribution in [0.2, 0.25) is 0 Å². The Bertz CT molecular complexity index is 1290. The molecule has 4 rings (SSSR count). The van der Waals surface area contributed by atoms with Crippen LogP contribution in [0.1, 0.15) is 16.2 Å². The van der Waals surface area contributed by atoms with Crippen LogP contribution in [-0.4, -0.2) is 20.8 Å². The van der Waals surface area contributed by atoms with E-state index in [9.17, 15) is 14.9 Å². The summed E-state index contributed by atoms with van der Waals surface area (Å²) < 4.78 is 0. The molecule has 158 valence electrons. The first-order valence-corrected chi connectivity index (χ1v) is 9.82. The van der Waals surface area contributed by atoms with E-state index in [2.05, 4.69) is 20.6 Å². The van der Waals surface area contributed by atoms with Crippen molar-refractivity contribution in [3.05, 3.63) is 106 Å². The minimum atomic E-state index is -0.575. The molecule has 0 radical (unpaired) electrons. The van der Waals surface area contributed by atoms with E-state index in [-0.39, 0.29) is 11.3 Å². The second-order valence-corrected chi connectivity index (χ2v) is 6.99. The third-order valence-corrected chi connectivity index (χ3v) is 4.65. The van der Waals surface area contributed by atoms with Gasteiger partial charge in [-0.3, -0.25) is 14.9 Å². The maximum atomic E-state index is 12.6. The van der Waals surface area contributed by atoms with Gasteiger partial charge in [0.2, 0.25) is 0 Å². The van der Waals surface area contributed by atoms with Gasteiger partial charge in [0.25, 0.3) is 11.6 Å². The van der Waals surface area contributed by atoms with Gasteiger partial charge < -0.3 is 10.6 Å². The maximum absolute atomic E-state index is 12.6. The van der Waals surface area contributed by atoms with Crippen molar-refractivity contribution in [2.45, 2.75) is 6.92 Å². The molecule has 0 saturated carbocycles. The molecule has 0 aliphatic carbocycles. The lowest BCUT2D eigenvalue weighted by atomic mass is 10.1. The molecule has 0 aliphatic heterocycles. The molecule has 32 heavy (non-hydrogen) atoms. The van der Waals surface area contributed by atoms with Crippen molar-refractivity contribution < 1.29 is 9.72 Å². The Kier molecular flexibility index (Phi) is 5.85. The average molecular weight is 425 g/mol. The lowest BCUT2D eigenvalue weighted by molar-refractivity contribution is -0.385. The molecule has 1 amide bonds. The standard InChI is InChI=1S/C24H19N5O3/c1-16-25-21(17-8-3-2-4-9-17)15-23(26-16)27-18-10-7-11-19(14-18)28-24(30)20-12-5-6-13-22(20)29(31)32/h2-15H,1H3,(H,28,30)(H,25,26,27). The number of para-hydroxylation sites is 1. The molecular weight excluding hydrogens is 406 g/mol. The zero-order chi connectivity index (χ0) is 22.5. The summed E-state index contributed by atoms with van der Waals surface area (Å²) in [6.45, 7) is 1.82. The summed E-state index contributed by atoms with van der Waals surface area (Å²) in [4.78, 5) is 32.2. The number of carbonyl (C=O) groups is 1. The van der Waals surface area contributed by atoms with Gasteiger partial charge in [-0.2, -0.15) is 0 Å². The van der Waals surface area contributed by atoms with Crippen molar-refractivity contribution in [1.29, 1.82) is 0 Å². The van der Waals surface area contributed by atoms with Crippen LogP contribution < -0.4 is 10.6 Å². The second kappa shape index (κ2) is 9.05. The molecule has 4 aromatic rings. The zero-order valence-corrected chi connectivity index (χ0v) is 17.1. The number of aromatic nitrogens is 2. The molecule has 3 aromatic carbocycles. The van der Waals surface area contributed by atoms with Crippen molar-refractivity contribution in [1.82, 2.24) is 9.97 Å². The Morgan fingerprint density at radius 1 is 0.875 bits per heavy atom. The number of carbonyl (C=O) groups excluding carboxylic acids is 1. The van der Waals surface area contributed by atoms with Gasteiger partial charge in [0.1, 0.15) is 17.2 Å². The van der Waals surface area contributed by atoms with E-state index >= 15 is 0 Å². The summed E-state index contributed by atoms with van der Waals surface area (Å²) >= 11 is 0. The minimum Gasteiger partial charge on any atom is -0.340 e. The lowest BCUT2D eigenvalue weighted by Gasteiger charge is -2.11. The van der Waals surface area contributed by atoms with Gasteiger partial charge in [-0.25, -0.2) is 9.97 Å². The quantitative estimate of drug-likeness (QED) is 0.318. The van der Waals surface area contributed by atoms with Crippen LogP contribution in [0.5, 0.6) is 0 Å². The van der Waals surface area contributed by atoms with E-state index < -0.39 is 10.8 Å². The van der Waals surface area contributed by atoms with Gasteiger partial charge >= 0.3 is 0 Å². The molecule has 0 unspecified atom stereocenters. The summed E-state index contributed by atoms with van der Waals surface area (Å²) in [6.07, 6.45) is 0. The first kappa shape index (κ1) is 20.7. The second-order valence-electron chi connectivity index (χ2n) is 6.99. The van der Waals surface area contributed by atoms with Crippen LogP contribution >= 0.6 is 0 Å². The predicted octanol–water partition coefficient (Wildman–Crippen LogP) is 5.36. The van der Waals surface area contributed by atoms with E-state index in [4.69, 9.17) is 0 Å². The molecule has 0 atom stereocenters. The monoisotopic (exact) mass is 425 g/mol. The van der Waals surface area contributed by atoms with Gasteiger partial charge in [0, 0.05) is 29.1 Å². The van der Waals surface area contributed by atoms with E-state index in [1.165, 1.54) is 18.2 Å². The fourth-order valence-corrected chi connectivity index (χ4v) is 3.23. The van der Waals surface area contributed by atoms with Crippen molar-refractivity contribution in [2.75, 3.05) is 10.6 Å². The van der Waals surface area contributed by atoms with Crippen molar-refractivity contribution >= 4 is 28.8 Å². The SMILES string of the molecule is Cc1nc(Nc2cccc(NC(=O)c3ccccc3[N+](=O)[O-])c2)cc(-c2ccccc2)n1. The fourth-order valence-electron chi connectivity index (χ4n) is 3.23. The van der Waals surface area contributed by atoms with Crippen LogP contribution in [0.25, 0.3) is 11.3 Å². The number of benzene rings is 3. The van der Waals surface area contributed by atoms with Crippen LogP contribution in [0, 0.1) is 17.0 Å². The van der Waals surface area contributed by atoms with E-state index in [1.54, 1.807) is 24.3 Å². The van der Waals surface area contributed by atoms with Gasteiger partial charge in [0.15, 0.2) is 0 Å². The van der Waals surface area contributed by atoms with Crippen molar-refractivity contribution in [3.63, 3.8) is 0 Å². The third kappa shape index (κ3) is 4.76. The van der Waals surface area contributed by atoms with E-state index in [1.807, 2.05) is 49.4 Å². The van der Waals surface area contributed by atoms with Crippen LogP contribution in [-0.2, 0) is 0 Å². The Morgan fingerprint density at radius 2 is 1.59 bits per heavy atom. The summed E-state index contributed by atoms with van der Waals surface area (Å²) in [7, 11) is 0. The van der Waals surface area contributed by atoms with E-state index in [0.717, 1.165) is 11.3 Å². The van der Waals surface area contributed by atoms with Crippen LogP contribution in [0.15, 0.2) is 84.9 Å². The number of nitro groups is 1. The fraction of sp³-hybridized carbons (Fsp3) is 0.0417. The molecule has 1 aromatic heterocycles. The summed E-state index contributed by atoms with van der Waals surface area (Å²) in [5.74, 6) is 0.673. The number of hydrogen-bond acceptors (Lipinski definition) is 6. The highest BCUT2D eigenvalue weighted by atomic mass is 16.6. The first-order valence-electron chi connectivity index (χ1n) is 9.82. The third-order valence-electron chi connectivity index (χ3n) is 4.65. The molecule has 0 fully saturated rings. The molecular formula is C24H19N5O3. The molecule has 1 heterocycles. The number of nitro benzene ring substituents is 1. The first-order chi connectivity index (χ1) is 15.5. The number of nitrogens with one attached hydrogen (secondary N) is 2. The molecule has 0 spiro atoms. The van der Waals surface area contributed by atoms with Crippen molar-refractivity contribution in [2.24, 2.45) is 0 Å². The van der Waals surface area contributed by atoms with Gasteiger partial charge in [0.05, 0.1) is 10.6 Å². The number of amides is 1. The average Bonchev–Trinajstić information content (AvgIpc) is 2.79. The molecule has 0 saturated heterocycles. The lowest BCUT2D eigenvalue weighted by Crippen LogP contribution is -2.14. The Morgan fingerprint density at radius 3 is 2.38 bits per heavy atom. The van der Waals surface area contributed by atoms with Crippen LogP contribution in [0.4, 0.5) is 22.9 Å². The maximum Gasteiger partial charge on any atom is 0.282 e. The highest BCUT2D eigenvalue weighted by Gasteiger charge is 2.19. The van der Waals surface area contributed by atoms with Gasteiger partial charge in [-0.05, 0) is 31.2 Å². The summed E-state index contributed by atoms with van der Waals surface area (Å²) in [6, 6.07) is 24.5. The molecule has 8 heteroatoms. The predicted molar refractivity (Wildman–Crippen MR) is 123 cm³/mol. The number of aryl methyl sites for hydroxylation is 1. The van der Waals surface area contributed by atoms with Crippen molar-refractivity contribution in [3.8, 4) is 11.3 Å².